The molecule has 2 rings (SSSR count). The molecule has 0 aliphatic rings. The molecule has 0 bridgehead atoms. The first-order chi connectivity index (χ1) is 10.3. The van der Waals surface area contributed by atoms with Crippen LogP contribution in [0.5, 0.6) is 5.75 Å². The van der Waals surface area contributed by atoms with Crippen molar-refractivity contribution in [2.24, 2.45) is 0 Å². The molecule has 0 atom stereocenters. The van der Waals surface area contributed by atoms with E-state index in [1.807, 2.05) is 49.5 Å². The fourth-order valence-electron chi connectivity index (χ4n) is 1.78. The molecule has 0 radical (unpaired) electrons. The van der Waals surface area contributed by atoms with Crippen molar-refractivity contribution in [3.05, 3.63) is 48.8 Å². The third-order valence-electron chi connectivity index (χ3n) is 3.00. The number of hydrogen-bond donors (Lipinski definition) is 0. The molecule has 4 nitrogen and oxygen atoms in total. The molecule has 0 aliphatic heterocycles. The molecule has 0 saturated carbocycles. The summed E-state index contributed by atoms with van der Waals surface area (Å²) in [6.45, 7) is 2.84. The van der Waals surface area contributed by atoms with Gasteiger partial charge in [0.05, 0.1) is 6.61 Å². The summed E-state index contributed by atoms with van der Waals surface area (Å²) in [7, 11) is 0. The SMILES string of the molecule is CCC(=O)COCCOc1ccc(-c2cccnc2)cc1. The normalized spacial score (nSPS) is 10.3. The third-order valence-corrected chi connectivity index (χ3v) is 3.00. The van der Waals surface area contributed by atoms with E-state index in [2.05, 4.69) is 4.98 Å². The summed E-state index contributed by atoms with van der Waals surface area (Å²) in [5.41, 5.74) is 2.17. The summed E-state index contributed by atoms with van der Waals surface area (Å²) in [6.07, 6.45) is 4.09. The van der Waals surface area contributed by atoms with E-state index in [1.165, 1.54) is 0 Å². The molecule has 1 heterocycles. The summed E-state index contributed by atoms with van der Waals surface area (Å²) < 4.78 is 10.8. The maximum atomic E-state index is 11.0. The molecule has 1 aromatic carbocycles. The van der Waals surface area contributed by atoms with Gasteiger partial charge in [0.2, 0.25) is 0 Å². The van der Waals surface area contributed by atoms with Crippen molar-refractivity contribution in [1.82, 2.24) is 4.98 Å². The monoisotopic (exact) mass is 285 g/mol. The van der Waals surface area contributed by atoms with Crippen molar-refractivity contribution in [3.8, 4) is 16.9 Å². The van der Waals surface area contributed by atoms with Gasteiger partial charge in [-0.3, -0.25) is 9.78 Å². The van der Waals surface area contributed by atoms with Crippen molar-refractivity contribution >= 4 is 5.78 Å². The molecule has 0 N–H and O–H groups in total. The van der Waals surface area contributed by atoms with E-state index in [9.17, 15) is 4.79 Å². The van der Waals surface area contributed by atoms with Gasteiger partial charge in [0.15, 0.2) is 5.78 Å². The number of aromatic nitrogens is 1. The Labute approximate surface area is 124 Å². The molecule has 0 fully saturated rings. The number of hydrogen-bond acceptors (Lipinski definition) is 4. The van der Waals surface area contributed by atoms with Crippen LogP contribution in [0.2, 0.25) is 0 Å². The average molecular weight is 285 g/mol. The maximum absolute atomic E-state index is 11.0. The topological polar surface area (TPSA) is 48.4 Å². The smallest absolute Gasteiger partial charge is 0.158 e. The van der Waals surface area contributed by atoms with Crippen LogP contribution in [0.25, 0.3) is 11.1 Å². The van der Waals surface area contributed by atoms with E-state index in [-0.39, 0.29) is 12.4 Å². The number of rotatable bonds is 8. The van der Waals surface area contributed by atoms with Crippen LogP contribution in [0.4, 0.5) is 0 Å². The van der Waals surface area contributed by atoms with E-state index in [4.69, 9.17) is 9.47 Å². The largest absolute Gasteiger partial charge is 0.491 e. The zero-order valence-electron chi connectivity index (χ0n) is 12.1. The average Bonchev–Trinajstić information content (AvgIpc) is 2.55. The Kier molecular flexibility index (Phi) is 5.91. The number of carbonyl (C=O) groups is 1. The third kappa shape index (κ3) is 5.00. The first kappa shape index (κ1) is 15.2. The van der Waals surface area contributed by atoms with Gasteiger partial charge in [-0.25, -0.2) is 0 Å². The number of nitrogens with zero attached hydrogens (tertiary/aromatic N) is 1. The number of benzene rings is 1. The fraction of sp³-hybridized carbons (Fsp3) is 0.294. The maximum Gasteiger partial charge on any atom is 0.158 e. The zero-order valence-corrected chi connectivity index (χ0v) is 12.1. The van der Waals surface area contributed by atoms with Crippen LogP contribution >= 0.6 is 0 Å². The molecule has 21 heavy (non-hydrogen) atoms. The van der Waals surface area contributed by atoms with Crippen molar-refractivity contribution < 1.29 is 14.3 Å². The Hall–Kier alpha value is -2.20. The molecule has 4 heteroatoms. The van der Waals surface area contributed by atoms with Gasteiger partial charge in [0.25, 0.3) is 0 Å². The lowest BCUT2D eigenvalue weighted by Crippen LogP contribution is -2.12. The molecule has 0 saturated heterocycles. The highest BCUT2D eigenvalue weighted by Gasteiger charge is 2.00. The van der Waals surface area contributed by atoms with Gasteiger partial charge < -0.3 is 9.47 Å². The van der Waals surface area contributed by atoms with Crippen LogP contribution in [0.3, 0.4) is 0 Å². The Morgan fingerprint density at radius 1 is 1.10 bits per heavy atom. The summed E-state index contributed by atoms with van der Waals surface area (Å²) in [5, 5.41) is 0. The number of pyridine rings is 1. The molecule has 1 aromatic heterocycles. The van der Waals surface area contributed by atoms with Crippen LogP contribution in [0, 0.1) is 0 Å². The van der Waals surface area contributed by atoms with E-state index in [1.54, 1.807) is 6.20 Å². The quantitative estimate of drug-likeness (QED) is 0.699. The zero-order chi connectivity index (χ0) is 14.9. The Bertz CT molecular complexity index is 552. The Morgan fingerprint density at radius 3 is 2.57 bits per heavy atom. The molecule has 0 amide bonds. The molecule has 0 aliphatic carbocycles. The van der Waals surface area contributed by atoms with Crippen LogP contribution in [0.15, 0.2) is 48.8 Å². The number of Topliss-reactive ketones (excluding diaryl/α,β-unsaturated/α-hetero) is 1. The van der Waals surface area contributed by atoms with E-state index in [0.717, 1.165) is 16.9 Å². The minimum absolute atomic E-state index is 0.107. The molecular weight excluding hydrogens is 266 g/mol. The lowest BCUT2D eigenvalue weighted by Gasteiger charge is -2.07. The van der Waals surface area contributed by atoms with E-state index in [0.29, 0.717) is 19.6 Å². The van der Waals surface area contributed by atoms with E-state index >= 15 is 0 Å². The fourth-order valence-corrected chi connectivity index (χ4v) is 1.78. The molecular formula is C17H19NO3. The van der Waals surface area contributed by atoms with Crippen LogP contribution < -0.4 is 4.74 Å². The Morgan fingerprint density at radius 2 is 1.90 bits per heavy atom. The lowest BCUT2D eigenvalue weighted by atomic mass is 10.1. The summed E-state index contributed by atoms with van der Waals surface area (Å²) in [4.78, 5) is 15.1. The van der Waals surface area contributed by atoms with Crippen molar-refractivity contribution in [3.63, 3.8) is 0 Å². The first-order valence-corrected chi connectivity index (χ1v) is 7.02. The minimum Gasteiger partial charge on any atom is -0.491 e. The number of carbonyl (C=O) groups excluding carboxylic acids is 1. The molecule has 0 unspecified atom stereocenters. The predicted molar refractivity (Wildman–Crippen MR) is 81.3 cm³/mol. The van der Waals surface area contributed by atoms with Crippen LogP contribution in [0.1, 0.15) is 13.3 Å². The number of ether oxygens (including phenoxy) is 2. The second-order valence-electron chi connectivity index (χ2n) is 4.56. The second kappa shape index (κ2) is 8.17. The highest BCUT2D eigenvalue weighted by molar-refractivity contribution is 5.79. The van der Waals surface area contributed by atoms with Gasteiger partial charge in [-0.05, 0) is 29.3 Å². The molecule has 110 valence electrons. The second-order valence-corrected chi connectivity index (χ2v) is 4.56. The van der Waals surface area contributed by atoms with Crippen LogP contribution in [-0.4, -0.2) is 30.6 Å². The molecule has 2 aromatic rings. The first-order valence-electron chi connectivity index (χ1n) is 7.02. The van der Waals surface area contributed by atoms with Gasteiger partial charge in [0, 0.05) is 18.8 Å². The van der Waals surface area contributed by atoms with Gasteiger partial charge in [-0.2, -0.15) is 0 Å². The summed E-state index contributed by atoms with van der Waals surface area (Å²) in [6, 6.07) is 11.7. The van der Waals surface area contributed by atoms with Gasteiger partial charge in [-0.15, -0.1) is 0 Å². The summed E-state index contributed by atoms with van der Waals surface area (Å²) in [5.74, 6) is 0.892. The van der Waals surface area contributed by atoms with Crippen molar-refractivity contribution in [2.75, 3.05) is 19.8 Å². The van der Waals surface area contributed by atoms with Crippen LogP contribution in [-0.2, 0) is 9.53 Å². The lowest BCUT2D eigenvalue weighted by molar-refractivity contribution is -0.123. The Balaban J connectivity index is 1.77. The molecule has 0 spiro atoms. The summed E-state index contributed by atoms with van der Waals surface area (Å²) >= 11 is 0. The number of ketones is 1. The minimum atomic E-state index is 0.107. The van der Waals surface area contributed by atoms with E-state index < -0.39 is 0 Å². The van der Waals surface area contributed by atoms with Gasteiger partial charge in [-0.1, -0.05) is 25.1 Å². The highest BCUT2D eigenvalue weighted by atomic mass is 16.5. The van der Waals surface area contributed by atoms with Gasteiger partial charge in [0.1, 0.15) is 19.0 Å². The predicted octanol–water partition coefficient (Wildman–Crippen LogP) is 3.12. The van der Waals surface area contributed by atoms with Gasteiger partial charge >= 0.3 is 0 Å². The standard InChI is InChI=1S/C17H19NO3/c1-2-16(19)13-20-10-11-21-17-7-5-14(6-8-17)15-4-3-9-18-12-15/h3-9,12H,2,10-11,13H2,1H3. The van der Waals surface area contributed by atoms with Crippen molar-refractivity contribution in [1.29, 1.82) is 0 Å². The highest BCUT2D eigenvalue weighted by Crippen LogP contribution is 2.21. The van der Waals surface area contributed by atoms with Crippen molar-refractivity contribution in [2.45, 2.75) is 13.3 Å².